The molecule has 3 aromatic rings. The predicted octanol–water partition coefficient (Wildman–Crippen LogP) is 2.09. The summed E-state index contributed by atoms with van der Waals surface area (Å²) in [6.45, 7) is 3.13. The molecule has 26 heavy (non-hydrogen) atoms. The van der Waals surface area contributed by atoms with Crippen molar-refractivity contribution >= 4 is 16.9 Å². The third-order valence-corrected chi connectivity index (χ3v) is 4.05. The second-order valence-electron chi connectivity index (χ2n) is 5.85. The maximum Gasteiger partial charge on any atom is 0.317 e. The van der Waals surface area contributed by atoms with Crippen LogP contribution in [-0.4, -0.2) is 39.0 Å². The Morgan fingerprint density at radius 2 is 2.00 bits per heavy atom. The number of aromatic nitrogens is 3. The minimum absolute atomic E-state index is 0.195. The van der Waals surface area contributed by atoms with E-state index in [2.05, 4.69) is 20.3 Å². The molecular weight excluding hydrogens is 330 g/mol. The molecule has 7 nitrogen and oxygen atoms in total. The normalized spacial score (nSPS) is 10.7. The van der Waals surface area contributed by atoms with Crippen molar-refractivity contribution in [1.82, 2.24) is 25.2 Å². The smallest absolute Gasteiger partial charge is 0.317 e. The Morgan fingerprint density at radius 3 is 2.77 bits per heavy atom. The molecule has 7 heteroatoms. The highest BCUT2D eigenvalue weighted by Crippen LogP contribution is 2.07. The van der Waals surface area contributed by atoms with Gasteiger partial charge in [0.1, 0.15) is 5.82 Å². The average Bonchev–Trinajstić information content (AvgIpc) is 2.67. The number of pyridine rings is 1. The third-order valence-electron chi connectivity index (χ3n) is 4.05. The van der Waals surface area contributed by atoms with Crippen LogP contribution in [0.1, 0.15) is 18.4 Å². The summed E-state index contributed by atoms with van der Waals surface area (Å²) in [5.74, 6) is 0.468. The summed E-state index contributed by atoms with van der Waals surface area (Å²) in [5.41, 5.74) is 1.35. The van der Waals surface area contributed by atoms with Gasteiger partial charge in [-0.3, -0.25) is 9.78 Å². The lowest BCUT2D eigenvalue weighted by Gasteiger charge is -2.21. The number of carbonyl (C=O) groups excluding carboxylic acids is 1. The van der Waals surface area contributed by atoms with Gasteiger partial charge in [0.15, 0.2) is 0 Å². The molecule has 0 spiro atoms. The second kappa shape index (κ2) is 8.24. The van der Waals surface area contributed by atoms with E-state index in [9.17, 15) is 9.59 Å². The predicted molar refractivity (Wildman–Crippen MR) is 99.8 cm³/mol. The lowest BCUT2D eigenvalue weighted by Crippen LogP contribution is -2.40. The van der Waals surface area contributed by atoms with Gasteiger partial charge >= 0.3 is 6.03 Å². The highest BCUT2D eigenvalue weighted by molar-refractivity contribution is 5.77. The number of urea groups is 1. The van der Waals surface area contributed by atoms with Crippen molar-refractivity contribution in [2.75, 3.05) is 13.1 Å². The monoisotopic (exact) mass is 351 g/mol. The van der Waals surface area contributed by atoms with Gasteiger partial charge in [-0.1, -0.05) is 18.2 Å². The van der Waals surface area contributed by atoms with Crippen LogP contribution in [0.15, 0.2) is 53.5 Å². The lowest BCUT2D eigenvalue weighted by molar-refractivity contribution is 0.197. The average molecular weight is 351 g/mol. The second-order valence-corrected chi connectivity index (χ2v) is 5.85. The molecule has 0 aliphatic carbocycles. The fourth-order valence-corrected chi connectivity index (χ4v) is 2.67. The van der Waals surface area contributed by atoms with Crippen LogP contribution in [0.5, 0.6) is 0 Å². The Balaban J connectivity index is 1.63. The van der Waals surface area contributed by atoms with Crippen molar-refractivity contribution in [3.63, 3.8) is 0 Å². The van der Waals surface area contributed by atoms with E-state index in [1.807, 2.05) is 31.2 Å². The standard InChI is InChI=1S/C19H21N5O2/c1-2-24(19(26)21-12-10-14-7-5-6-11-20-14)13-17-22-16-9-4-3-8-15(16)18(25)23-17/h3-9,11H,2,10,12-13H2,1H3,(H,21,26)(H,22,23,25). The molecule has 1 aromatic carbocycles. The van der Waals surface area contributed by atoms with Gasteiger partial charge in [0, 0.05) is 31.4 Å². The third kappa shape index (κ3) is 4.24. The Labute approximate surface area is 151 Å². The molecule has 0 aliphatic heterocycles. The molecule has 2 aromatic heterocycles. The first-order chi connectivity index (χ1) is 12.7. The number of hydrogen-bond acceptors (Lipinski definition) is 4. The number of aromatic amines is 1. The van der Waals surface area contributed by atoms with Gasteiger partial charge < -0.3 is 15.2 Å². The van der Waals surface area contributed by atoms with Crippen LogP contribution in [0.4, 0.5) is 4.79 Å². The topological polar surface area (TPSA) is 91.0 Å². The minimum atomic E-state index is -0.197. The molecule has 3 rings (SSSR count). The van der Waals surface area contributed by atoms with Crippen LogP contribution in [0, 0.1) is 0 Å². The van der Waals surface area contributed by atoms with Gasteiger partial charge in [0.05, 0.1) is 17.4 Å². The van der Waals surface area contributed by atoms with E-state index in [1.165, 1.54) is 0 Å². The highest BCUT2D eigenvalue weighted by Gasteiger charge is 2.14. The first kappa shape index (κ1) is 17.6. The van der Waals surface area contributed by atoms with Crippen molar-refractivity contribution in [3.8, 4) is 0 Å². The number of para-hydroxylation sites is 1. The molecule has 0 unspecified atom stereocenters. The Bertz CT molecular complexity index is 939. The number of carbonyl (C=O) groups is 1. The largest absolute Gasteiger partial charge is 0.338 e. The summed E-state index contributed by atoms with van der Waals surface area (Å²) < 4.78 is 0. The molecule has 0 fully saturated rings. The quantitative estimate of drug-likeness (QED) is 0.711. The highest BCUT2D eigenvalue weighted by atomic mass is 16.2. The van der Waals surface area contributed by atoms with E-state index < -0.39 is 0 Å². The number of nitrogens with zero attached hydrogens (tertiary/aromatic N) is 3. The van der Waals surface area contributed by atoms with E-state index in [1.54, 1.807) is 29.3 Å². The van der Waals surface area contributed by atoms with Crippen LogP contribution in [0.25, 0.3) is 10.9 Å². The van der Waals surface area contributed by atoms with Crippen molar-refractivity contribution in [3.05, 3.63) is 70.5 Å². The van der Waals surface area contributed by atoms with Gasteiger partial charge in [-0.25, -0.2) is 9.78 Å². The number of hydrogen-bond donors (Lipinski definition) is 2. The molecule has 2 amide bonds. The summed E-state index contributed by atoms with van der Waals surface area (Å²) in [6.07, 6.45) is 2.40. The molecule has 2 heterocycles. The fourth-order valence-electron chi connectivity index (χ4n) is 2.67. The zero-order chi connectivity index (χ0) is 18.4. The van der Waals surface area contributed by atoms with Crippen LogP contribution in [0.2, 0.25) is 0 Å². The molecule has 0 aliphatic rings. The fraction of sp³-hybridized carbons (Fsp3) is 0.263. The van der Waals surface area contributed by atoms with Crippen LogP contribution in [0.3, 0.4) is 0 Å². The molecule has 134 valence electrons. The SMILES string of the molecule is CCN(Cc1nc2ccccc2c(=O)[nH]1)C(=O)NCCc1ccccn1. The van der Waals surface area contributed by atoms with Gasteiger partial charge in [0.2, 0.25) is 0 Å². The molecule has 0 bridgehead atoms. The Hall–Kier alpha value is -3.22. The number of nitrogens with one attached hydrogen (secondary N) is 2. The van der Waals surface area contributed by atoms with E-state index >= 15 is 0 Å². The van der Waals surface area contributed by atoms with Crippen molar-refractivity contribution in [1.29, 1.82) is 0 Å². The van der Waals surface area contributed by atoms with E-state index in [-0.39, 0.29) is 18.1 Å². The van der Waals surface area contributed by atoms with Crippen LogP contribution < -0.4 is 10.9 Å². The maximum atomic E-state index is 12.4. The molecule has 0 saturated carbocycles. The zero-order valence-electron chi connectivity index (χ0n) is 14.6. The molecule has 0 saturated heterocycles. The van der Waals surface area contributed by atoms with Gasteiger partial charge in [-0.2, -0.15) is 0 Å². The van der Waals surface area contributed by atoms with Crippen LogP contribution >= 0.6 is 0 Å². The minimum Gasteiger partial charge on any atom is -0.338 e. The van der Waals surface area contributed by atoms with Crippen LogP contribution in [-0.2, 0) is 13.0 Å². The summed E-state index contributed by atoms with van der Waals surface area (Å²) in [7, 11) is 0. The summed E-state index contributed by atoms with van der Waals surface area (Å²) >= 11 is 0. The zero-order valence-corrected chi connectivity index (χ0v) is 14.6. The van der Waals surface area contributed by atoms with Gasteiger partial charge in [-0.15, -0.1) is 0 Å². The summed E-state index contributed by atoms with van der Waals surface area (Å²) in [6, 6.07) is 12.7. The molecular formula is C19H21N5O2. The van der Waals surface area contributed by atoms with Gasteiger partial charge in [0.25, 0.3) is 5.56 Å². The number of amides is 2. The number of H-pyrrole nitrogens is 1. The Morgan fingerprint density at radius 1 is 1.19 bits per heavy atom. The number of fused-ring (bicyclic) bond motifs is 1. The van der Waals surface area contributed by atoms with E-state index in [4.69, 9.17) is 0 Å². The number of benzene rings is 1. The molecule has 0 atom stereocenters. The maximum absolute atomic E-state index is 12.4. The Kier molecular flexibility index (Phi) is 5.58. The number of rotatable bonds is 6. The first-order valence-corrected chi connectivity index (χ1v) is 8.58. The first-order valence-electron chi connectivity index (χ1n) is 8.58. The van der Waals surface area contributed by atoms with Crippen molar-refractivity contribution in [2.45, 2.75) is 19.9 Å². The molecule has 0 radical (unpaired) electrons. The molecule has 2 N–H and O–H groups in total. The van der Waals surface area contributed by atoms with Crippen molar-refractivity contribution < 1.29 is 4.79 Å². The van der Waals surface area contributed by atoms with E-state index in [0.717, 1.165) is 5.69 Å². The summed E-state index contributed by atoms with van der Waals surface area (Å²) in [5, 5.41) is 3.42. The van der Waals surface area contributed by atoms with Crippen molar-refractivity contribution in [2.24, 2.45) is 0 Å². The lowest BCUT2D eigenvalue weighted by atomic mass is 10.2. The van der Waals surface area contributed by atoms with Gasteiger partial charge in [-0.05, 0) is 31.2 Å². The summed E-state index contributed by atoms with van der Waals surface area (Å²) in [4.78, 5) is 37.6. The van der Waals surface area contributed by atoms with E-state index in [0.29, 0.717) is 36.2 Å².